The van der Waals surface area contributed by atoms with Gasteiger partial charge in [-0.2, -0.15) is 0 Å². The summed E-state index contributed by atoms with van der Waals surface area (Å²) >= 11 is 0. The third-order valence-corrected chi connectivity index (χ3v) is 6.67. The number of hydrogen-bond donors (Lipinski definition) is 2. The van der Waals surface area contributed by atoms with Crippen molar-refractivity contribution in [3.8, 4) is 0 Å². The first-order valence-electron chi connectivity index (χ1n) is 16.0. The predicted molar refractivity (Wildman–Crippen MR) is 165 cm³/mol. The lowest BCUT2D eigenvalue weighted by atomic mass is 10.0. The number of ether oxygens (including phenoxy) is 2. The highest BCUT2D eigenvalue weighted by Gasteiger charge is 2.12. The summed E-state index contributed by atoms with van der Waals surface area (Å²) in [6.07, 6.45) is 28.0. The van der Waals surface area contributed by atoms with Crippen molar-refractivity contribution in [2.45, 2.75) is 149 Å². The number of carbonyl (C=O) groups is 2. The predicted octanol–water partition coefficient (Wildman–Crippen LogP) is 8.16. The van der Waals surface area contributed by atoms with E-state index in [4.69, 9.17) is 9.47 Å². The Morgan fingerprint density at radius 1 is 0.650 bits per heavy atom. The normalized spacial score (nSPS) is 13.6. The Hall–Kier alpha value is -1.92. The van der Waals surface area contributed by atoms with Gasteiger partial charge in [0.25, 0.3) is 0 Å². The van der Waals surface area contributed by atoms with Gasteiger partial charge in [0, 0.05) is 12.8 Å². The molecule has 2 N–H and O–H groups in total. The van der Waals surface area contributed by atoms with Crippen LogP contribution in [0.25, 0.3) is 0 Å². The molecule has 0 aromatic heterocycles. The number of carbonyl (C=O) groups excluding carboxylic acids is 2. The Labute approximate surface area is 245 Å². The average molecular weight is 565 g/mol. The van der Waals surface area contributed by atoms with Gasteiger partial charge in [-0.05, 0) is 38.0 Å². The van der Waals surface area contributed by atoms with Crippen LogP contribution in [0.2, 0.25) is 0 Å². The number of unbranched alkanes of at least 4 members (excludes halogenated alkanes) is 10. The van der Waals surface area contributed by atoms with Gasteiger partial charge in [-0.15, -0.1) is 0 Å². The molecule has 0 spiro atoms. The van der Waals surface area contributed by atoms with Crippen LogP contribution in [-0.2, 0) is 19.1 Å². The highest BCUT2D eigenvalue weighted by Crippen LogP contribution is 2.13. The first kappa shape index (κ1) is 38.1. The van der Waals surface area contributed by atoms with Crippen molar-refractivity contribution in [2.75, 3.05) is 13.2 Å². The molecule has 0 saturated heterocycles. The van der Waals surface area contributed by atoms with Gasteiger partial charge < -0.3 is 19.7 Å². The van der Waals surface area contributed by atoms with Crippen LogP contribution in [0.4, 0.5) is 0 Å². The molecular formula is C34H60O6. The zero-order chi connectivity index (χ0) is 29.7. The lowest BCUT2D eigenvalue weighted by Crippen LogP contribution is -2.25. The van der Waals surface area contributed by atoms with Crippen LogP contribution in [0, 0.1) is 5.92 Å². The minimum absolute atomic E-state index is 0.143. The maximum absolute atomic E-state index is 11.9. The molecule has 0 aromatic rings. The van der Waals surface area contributed by atoms with Crippen molar-refractivity contribution in [1.82, 2.24) is 0 Å². The van der Waals surface area contributed by atoms with Crippen LogP contribution < -0.4 is 0 Å². The van der Waals surface area contributed by atoms with Crippen molar-refractivity contribution in [1.29, 1.82) is 0 Å². The van der Waals surface area contributed by atoms with E-state index >= 15 is 0 Å². The zero-order valence-corrected chi connectivity index (χ0v) is 25.9. The molecule has 0 aromatic carbocycles. The second kappa shape index (κ2) is 28.6. The average Bonchev–Trinajstić information content (AvgIpc) is 2.92. The standard InChI is InChI=1S/C34H60O6/c1-4-5-6-7-9-14-19-24-31(35)25-20-15-12-17-22-27-34(38)40-29-32(36)28-39-33(37)26-21-16-11-8-10-13-18-23-30(2)3/h5-6,9,14,19,24,30-32,35-36H,4,7-8,10-13,15-18,20-23,25-29H2,1-3H3/b6-5+,14-9+,24-19+/t31?,32-/m0/s1. The van der Waals surface area contributed by atoms with E-state index < -0.39 is 12.2 Å². The molecular weight excluding hydrogens is 504 g/mol. The molecule has 6 nitrogen and oxygen atoms in total. The van der Waals surface area contributed by atoms with Crippen molar-refractivity contribution >= 4 is 11.9 Å². The summed E-state index contributed by atoms with van der Waals surface area (Å²) in [5.74, 6) is 0.139. The smallest absolute Gasteiger partial charge is 0.305 e. The number of hydrogen-bond acceptors (Lipinski definition) is 6. The second-order valence-electron chi connectivity index (χ2n) is 11.2. The second-order valence-corrected chi connectivity index (χ2v) is 11.2. The van der Waals surface area contributed by atoms with E-state index in [9.17, 15) is 19.8 Å². The highest BCUT2D eigenvalue weighted by molar-refractivity contribution is 5.69. The van der Waals surface area contributed by atoms with E-state index in [0.717, 1.165) is 76.5 Å². The Morgan fingerprint density at radius 2 is 1.15 bits per heavy atom. The fourth-order valence-corrected chi connectivity index (χ4v) is 4.22. The van der Waals surface area contributed by atoms with Crippen LogP contribution >= 0.6 is 0 Å². The van der Waals surface area contributed by atoms with E-state index in [1.54, 1.807) is 0 Å². The number of allylic oxidation sites excluding steroid dienone is 5. The van der Waals surface area contributed by atoms with Crippen LogP contribution in [0.1, 0.15) is 136 Å². The Kier molecular flexibility index (Phi) is 27.2. The van der Waals surface area contributed by atoms with Crippen molar-refractivity contribution in [3.63, 3.8) is 0 Å². The van der Waals surface area contributed by atoms with E-state index in [-0.39, 0.29) is 25.2 Å². The third kappa shape index (κ3) is 29.1. The van der Waals surface area contributed by atoms with Crippen LogP contribution in [0.5, 0.6) is 0 Å². The summed E-state index contributed by atoms with van der Waals surface area (Å²) in [6, 6.07) is 0. The first-order chi connectivity index (χ1) is 19.3. The van der Waals surface area contributed by atoms with Crippen molar-refractivity contribution < 1.29 is 29.3 Å². The largest absolute Gasteiger partial charge is 0.463 e. The van der Waals surface area contributed by atoms with Gasteiger partial charge in [0.05, 0.1) is 6.10 Å². The molecule has 0 bridgehead atoms. The molecule has 0 aliphatic heterocycles. The molecule has 40 heavy (non-hydrogen) atoms. The number of esters is 2. The molecule has 0 radical (unpaired) electrons. The highest BCUT2D eigenvalue weighted by atomic mass is 16.6. The molecule has 6 heteroatoms. The van der Waals surface area contributed by atoms with Crippen molar-refractivity contribution in [3.05, 3.63) is 36.5 Å². The summed E-state index contributed by atoms with van der Waals surface area (Å²) in [5, 5.41) is 19.9. The Bertz CT molecular complexity index is 682. The number of aliphatic hydroxyl groups is 2. The van der Waals surface area contributed by atoms with Gasteiger partial charge in [-0.25, -0.2) is 0 Å². The molecule has 0 rings (SSSR count). The fourth-order valence-electron chi connectivity index (χ4n) is 4.22. The maximum Gasteiger partial charge on any atom is 0.305 e. The minimum Gasteiger partial charge on any atom is -0.463 e. The van der Waals surface area contributed by atoms with Crippen LogP contribution in [-0.4, -0.2) is 47.6 Å². The quantitative estimate of drug-likeness (QED) is 0.0452. The summed E-state index contributed by atoms with van der Waals surface area (Å²) in [4.78, 5) is 23.7. The summed E-state index contributed by atoms with van der Waals surface area (Å²) < 4.78 is 10.2. The van der Waals surface area contributed by atoms with Gasteiger partial charge in [0.15, 0.2) is 0 Å². The third-order valence-electron chi connectivity index (χ3n) is 6.67. The van der Waals surface area contributed by atoms with E-state index in [0.29, 0.717) is 12.8 Å². The lowest BCUT2D eigenvalue weighted by Gasteiger charge is -2.12. The minimum atomic E-state index is -0.993. The van der Waals surface area contributed by atoms with E-state index in [2.05, 4.69) is 39.0 Å². The lowest BCUT2D eigenvalue weighted by molar-refractivity contribution is -0.152. The first-order valence-corrected chi connectivity index (χ1v) is 16.0. The molecule has 0 amide bonds. The SMILES string of the molecule is CC/C=C/C/C=C/C=C/C(O)CCCCCCCC(=O)OC[C@@H](O)COC(=O)CCCCCCCCCC(C)C. The summed E-state index contributed by atoms with van der Waals surface area (Å²) in [7, 11) is 0. The molecule has 1 unspecified atom stereocenters. The van der Waals surface area contributed by atoms with E-state index in [1.165, 1.54) is 32.1 Å². The van der Waals surface area contributed by atoms with Gasteiger partial charge >= 0.3 is 11.9 Å². The Morgan fingerprint density at radius 3 is 1.68 bits per heavy atom. The topological polar surface area (TPSA) is 93.1 Å². The molecule has 2 atom stereocenters. The monoisotopic (exact) mass is 564 g/mol. The Balaban J connectivity index is 3.58. The van der Waals surface area contributed by atoms with E-state index in [1.807, 2.05) is 18.2 Å². The van der Waals surface area contributed by atoms with Gasteiger partial charge in [-0.3, -0.25) is 9.59 Å². The number of aliphatic hydroxyl groups excluding tert-OH is 2. The molecule has 0 heterocycles. The number of rotatable bonds is 27. The zero-order valence-electron chi connectivity index (χ0n) is 25.9. The van der Waals surface area contributed by atoms with Crippen LogP contribution in [0.15, 0.2) is 36.5 Å². The molecule has 0 aliphatic carbocycles. The fraction of sp³-hybridized carbons (Fsp3) is 0.765. The van der Waals surface area contributed by atoms with Gasteiger partial charge in [-0.1, -0.05) is 128 Å². The molecule has 0 aliphatic rings. The van der Waals surface area contributed by atoms with Crippen LogP contribution in [0.3, 0.4) is 0 Å². The molecule has 0 saturated carbocycles. The molecule has 232 valence electrons. The summed E-state index contributed by atoms with van der Waals surface area (Å²) in [5.41, 5.74) is 0. The molecule has 0 fully saturated rings. The summed E-state index contributed by atoms with van der Waals surface area (Å²) in [6.45, 7) is 6.34. The van der Waals surface area contributed by atoms with Crippen molar-refractivity contribution in [2.24, 2.45) is 5.92 Å². The maximum atomic E-state index is 11.9. The van der Waals surface area contributed by atoms with Gasteiger partial charge in [0.1, 0.15) is 19.3 Å². The van der Waals surface area contributed by atoms with Gasteiger partial charge in [0.2, 0.25) is 0 Å².